The van der Waals surface area contributed by atoms with Crippen LogP contribution in [0.2, 0.25) is 0 Å². The summed E-state index contributed by atoms with van der Waals surface area (Å²) in [4.78, 5) is 5.20. The van der Waals surface area contributed by atoms with E-state index in [-0.39, 0.29) is 0 Å². The summed E-state index contributed by atoms with van der Waals surface area (Å²) in [6.45, 7) is 2.29. The molecule has 1 aromatic carbocycles. The molecule has 0 radical (unpaired) electrons. The van der Waals surface area contributed by atoms with Crippen LogP contribution in [0.4, 0.5) is 5.69 Å². The van der Waals surface area contributed by atoms with Crippen LogP contribution < -0.4 is 10.6 Å². The van der Waals surface area contributed by atoms with Gasteiger partial charge in [-0.25, -0.2) is 0 Å². The third kappa shape index (κ3) is 3.00. The smallest absolute Gasteiger partial charge is 0.103 e. The minimum absolute atomic E-state index is 0.458. The van der Waals surface area contributed by atoms with E-state index in [1.165, 1.54) is 25.1 Å². The molecule has 0 aromatic heterocycles. The molecule has 2 N–H and O–H groups in total. The summed E-state index contributed by atoms with van der Waals surface area (Å²) in [7, 11) is 4.35. The van der Waals surface area contributed by atoms with Crippen LogP contribution in [0, 0.1) is 0 Å². The van der Waals surface area contributed by atoms with E-state index >= 15 is 0 Å². The molecule has 1 fully saturated rings. The molecule has 0 spiro atoms. The number of rotatable bonds is 4. The number of hydrogen-bond acceptors (Lipinski definition) is 3. The normalized spacial score (nSPS) is 20.0. The Morgan fingerprint density at radius 2 is 2.11 bits per heavy atom. The van der Waals surface area contributed by atoms with Crippen molar-refractivity contribution in [3.63, 3.8) is 0 Å². The zero-order valence-electron chi connectivity index (χ0n) is 11.1. The van der Waals surface area contributed by atoms with Gasteiger partial charge in [-0.05, 0) is 50.7 Å². The van der Waals surface area contributed by atoms with Crippen molar-refractivity contribution in [2.75, 3.05) is 32.1 Å². The first-order valence-electron chi connectivity index (χ1n) is 6.39. The minimum Gasteiger partial charge on any atom is -0.389 e. The summed E-state index contributed by atoms with van der Waals surface area (Å²) in [6, 6.07) is 8.83. The number of hydrogen-bond donors (Lipinski definition) is 1. The molecular weight excluding hydrogens is 242 g/mol. The Balaban J connectivity index is 2.00. The average Bonchev–Trinajstić information content (AvgIpc) is 2.75. The fourth-order valence-corrected chi connectivity index (χ4v) is 2.65. The van der Waals surface area contributed by atoms with E-state index in [1.807, 2.05) is 12.1 Å². The van der Waals surface area contributed by atoms with E-state index < -0.39 is 0 Å². The molecule has 4 heteroatoms. The van der Waals surface area contributed by atoms with E-state index in [1.54, 1.807) is 0 Å². The summed E-state index contributed by atoms with van der Waals surface area (Å²) in [6.07, 6.45) is 2.61. The van der Waals surface area contributed by atoms with Crippen molar-refractivity contribution in [3.8, 4) is 0 Å². The molecular formula is C14H21N3S. The molecule has 18 heavy (non-hydrogen) atoms. The molecule has 1 aliphatic rings. The standard InChI is InChI=1S/C14H21N3S/c1-16-9-3-4-13(16)10-17(2)12-7-5-11(6-8-12)14(15)18/h5-8,13H,3-4,9-10H2,1-2H3,(H2,15,18). The van der Waals surface area contributed by atoms with Gasteiger partial charge < -0.3 is 15.5 Å². The second-order valence-electron chi connectivity index (χ2n) is 5.07. The predicted molar refractivity (Wildman–Crippen MR) is 81.3 cm³/mol. The Morgan fingerprint density at radius 1 is 1.44 bits per heavy atom. The Kier molecular flexibility index (Phi) is 4.19. The number of nitrogens with two attached hydrogens (primary N) is 1. The molecule has 1 saturated heterocycles. The number of nitrogens with zero attached hydrogens (tertiary/aromatic N) is 2. The number of benzene rings is 1. The Morgan fingerprint density at radius 3 is 2.61 bits per heavy atom. The second kappa shape index (κ2) is 5.67. The van der Waals surface area contributed by atoms with Crippen molar-refractivity contribution >= 4 is 22.9 Å². The molecule has 1 unspecified atom stereocenters. The first kappa shape index (κ1) is 13.3. The maximum atomic E-state index is 5.60. The van der Waals surface area contributed by atoms with Crippen molar-refractivity contribution in [2.45, 2.75) is 18.9 Å². The molecule has 0 saturated carbocycles. The molecule has 0 aliphatic carbocycles. The first-order valence-corrected chi connectivity index (χ1v) is 6.80. The summed E-state index contributed by atoms with van der Waals surface area (Å²) >= 11 is 4.96. The number of likely N-dealkylation sites (tertiary alicyclic amines) is 1. The SMILES string of the molecule is CN(CC1CCCN1C)c1ccc(C(N)=S)cc1. The van der Waals surface area contributed by atoms with Crippen molar-refractivity contribution in [1.29, 1.82) is 0 Å². The Hall–Kier alpha value is -1.13. The lowest BCUT2D eigenvalue weighted by Gasteiger charge is -2.27. The van der Waals surface area contributed by atoms with Gasteiger partial charge in [0.1, 0.15) is 4.99 Å². The highest BCUT2D eigenvalue weighted by Crippen LogP contribution is 2.19. The topological polar surface area (TPSA) is 32.5 Å². The minimum atomic E-state index is 0.458. The number of likely N-dealkylation sites (N-methyl/N-ethyl adjacent to an activating group) is 2. The highest BCUT2D eigenvalue weighted by atomic mass is 32.1. The van der Waals surface area contributed by atoms with Gasteiger partial charge in [0.2, 0.25) is 0 Å². The van der Waals surface area contributed by atoms with E-state index in [9.17, 15) is 0 Å². The van der Waals surface area contributed by atoms with Gasteiger partial charge in [-0.2, -0.15) is 0 Å². The van der Waals surface area contributed by atoms with Crippen molar-refractivity contribution < 1.29 is 0 Å². The fourth-order valence-electron chi connectivity index (χ4n) is 2.51. The van der Waals surface area contributed by atoms with E-state index in [0.29, 0.717) is 11.0 Å². The van der Waals surface area contributed by atoms with Gasteiger partial charge in [0.05, 0.1) is 0 Å². The molecule has 0 amide bonds. The van der Waals surface area contributed by atoms with Crippen LogP contribution in [-0.4, -0.2) is 43.1 Å². The molecule has 3 nitrogen and oxygen atoms in total. The van der Waals surface area contributed by atoms with Crippen LogP contribution in [0.25, 0.3) is 0 Å². The average molecular weight is 263 g/mol. The van der Waals surface area contributed by atoms with Crippen LogP contribution in [0.15, 0.2) is 24.3 Å². The molecule has 98 valence electrons. The monoisotopic (exact) mass is 263 g/mol. The first-order chi connectivity index (χ1) is 8.58. The highest BCUT2D eigenvalue weighted by Gasteiger charge is 2.22. The quantitative estimate of drug-likeness (QED) is 0.840. The largest absolute Gasteiger partial charge is 0.389 e. The molecule has 1 heterocycles. The zero-order chi connectivity index (χ0) is 13.1. The Labute approximate surface area is 115 Å². The number of thiocarbonyl (C=S) groups is 1. The zero-order valence-corrected chi connectivity index (χ0v) is 11.9. The molecule has 0 bridgehead atoms. The summed E-state index contributed by atoms with van der Waals surface area (Å²) in [5, 5.41) is 0. The van der Waals surface area contributed by atoms with Gasteiger partial charge in [0, 0.05) is 30.9 Å². The third-order valence-corrected chi connectivity index (χ3v) is 3.98. The van der Waals surface area contributed by atoms with Crippen molar-refractivity contribution in [3.05, 3.63) is 29.8 Å². The lowest BCUT2D eigenvalue weighted by Crippen LogP contribution is -2.36. The van der Waals surface area contributed by atoms with Gasteiger partial charge >= 0.3 is 0 Å². The predicted octanol–water partition coefficient (Wildman–Crippen LogP) is 1.85. The van der Waals surface area contributed by atoms with Crippen LogP contribution >= 0.6 is 12.2 Å². The van der Waals surface area contributed by atoms with E-state index in [0.717, 1.165) is 12.1 Å². The maximum Gasteiger partial charge on any atom is 0.103 e. The van der Waals surface area contributed by atoms with Gasteiger partial charge in [-0.3, -0.25) is 0 Å². The molecule has 2 rings (SSSR count). The summed E-state index contributed by atoms with van der Waals surface area (Å²) in [5.41, 5.74) is 7.75. The van der Waals surface area contributed by atoms with Crippen molar-refractivity contribution in [2.24, 2.45) is 5.73 Å². The van der Waals surface area contributed by atoms with Gasteiger partial charge in [-0.15, -0.1) is 0 Å². The molecule has 1 aromatic rings. The van der Waals surface area contributed by atoms with Gasteiger partial charge in [-0.1, -0.05) is 12.2 Å². The molecule has 1 atom stereocenters. The maximum absolute atomic E-state index is 5.60. The van der Waals surface area contributed by atoms with Gasteiger partial charge in [0.25, 0.3) is 0 Å². The van der Waals surface area contributed by atoms with Crippen LogP contribution in [0.1, 0.15) is 18.4 Å². The van der Waals surface area contributed by atoms with Crippen LogP contribution in [0.5, 0.6) is 0 Å². The van der Waals surface area contributed by atoms with Gasteiger partial charge in [0.15, 0.2) is 0 Å². The Bertz CT molecular complexity index is 416. The van der Waals surface area contributed by atoms with Crippen LogP contribution in [-0.2, 0) is 0 Å². The van der Waals surface area contributed by atoms with Crippen LogP contribution in [0.3, 0.4) is 0 Å². The highest BCUT2D eigenvalue weighted by molar-refractivity contribution is 7.80. The number of anilines is 1. The fraction of sp³-hybridized carbons (Fsp3) is 0.500. The van der Waals surface area contributed by atoms with E-state index in [2.05, 4.69) is 36.0 Å². The van der Waals surface area contributed by atoms with E-state index in [4.69, 9.17) is 18.0 Å². The second-order valence-corrected chi connectivity index (χ2v) is 5.51. The lowest BCUT2D eigenvalue weighted by atomic mass is 10.1. The summed E-state index contributed by atoms with van der Waals surface area (Å²) < 4.78 is 0. The molecule has 1 aliphatic heterocycles. The summed E-state index contributed by atoms with van der Waals surface area (Å²) in [5.74, 6) is 0. The lowest BCUT2D eigenvalue weighted by molar-refractivity contribution is 0.314. The third-order valence-electron chi connectivity index (χ3n) is 3.75. The van der Waals surface area contributed by atoms with Crippen molar-refractivity contribution in [1.82, 2.24) is 4.90 Å².